The molecule has 1 atom stereocenters. The van der Waals surface area contributed by atoms with Gasteiger partial charge >= 0.3 is 0 Å². The minimum Gasteiger partial charge on any atom is -0.481 e. The molecule has 0 radical (unpaired) electrons. The molecule has 0 saturated heterocycles. The number of hydrogen-bond donors (Lipinski definition) is 0. The fourth-order valence-electron chi connectivity index (χ4n) is 2.57. The lowest BCUT2D eigenvalue weighted by atomic mass is 9.78. The van der Waals surface area contributed by atoms with Gasteiger partial charge in [-0.2, -0.15) is 0 Å². The van der Waals surface area contributed by atoms with Crippen molar-refractivity contribution < 1.29 is 9.53 Å². The summed E-state index contributed by atoms with van der Waals surface area (Å²) in [6.07, 6.45) is 0.420. The number of ether oxygens (including phenoxy) is 1. The normalized spacial score (nSPS) is 18.9. The largest absolute Gasteiger partial charge is 0.481 e. The van der Waals surface area contributed by atoms with Crippen LogP contribution in [0.5, 0.6) is 5.75 Å². The van der Waals surface area contributed by atoms with Gasteiger partial charge in [0.2, 0.25) is 5.78 Å². The summed E-state index contributed by atoms with van der Waals surface area (Å²) in [6, 6.07) is 4.24. The molecule has 0 aromatic heterocycles. The number of rotatable bonds is 1. The van der Waals surface area contributed by atoms with E-state index >= 15 is 0 Å². The van der Waals surface area contributed by atoms with E-state index in [-0.39, 0.29) is 22.7 Å². The summed E-state index contributed by atoms with van der Waals surface area (Å²) in [5.74, 6) is 0.946. The van der Waals surface area contributed by atoms with Gasteiger partial charge in [-0.1, -0.05) is 54.5 Å². The van der Waals surface area contributed by atoms with E-state index in [0.29, 0.717) is 0 Å². The molecular weight excluding hydrogens is 248 g/mol. The van der Waals surface area contributed by atoms with Gasteiger partial charge in [0.25, 0.3) is 0 Å². The van der Waals surface area contributed by atoms with Gasteiger partial charge in [-0.3, -0.25) is 4.79 Å². The monoisotopic (exact) mass is 274 g/mol. The lowest BCUT2D eigenvalue weighted by molar-refractivity contribution is 0.0851. The Morgan fingerprint density at radius 2 is 1.65 bits per heavy atom. The molecule has 0 spiro atoms. The van der Waals surface area contributed by atoms with Crippen molar-refractivity contribution in [3.05, 3.63) is 28.8 Å². The highest BCUT2D eigenvalue weighted by atomic mass is 16.5. The second-order valence-electron chi connectivity index (χ2n) is 7.78. The van der Waals surface area contributed by atoms with Crippen molar-refractivity contribution in [2.75, 3.05) is 0 Å². The Balaban J connectivity index is 2.68. The smallest absolute Gasteiger partial charge is 0.207 e. The van der Waals surface area contributed by atoms with Gasteiger partial charge in [0, 0.05) is 5.56 Å². The van der Waals surface area contributed by atoms with Crippen LogP contribution in [0.4, 0.5) is 0 Å². The van der Waals surface area contributed by atoms with Gasteiger partial charge in [0.15, 0.2) is 6.10 Å². The van der Waals surface area contributed by atoms with Crippen molar-refractivity contribution in [3.63, 3.8) is 0 Å². The molecule has 2 heteroatoms. The van der Waals surface area contributed by atoms with E-state index < -0.39 is 0 Å². The zero-order chi connectivity index (χ0) is 15.3. The van der Waals surface area contributed by atoms with Crippen LogP contribution in [0.2, 0.25) is 0 Å². The number of ketones is 1. The molecule has 20 heavy (non-hydrogen) atoms. The van der Waals surface area contributed by atoms with Crippen LogP contribution < -0.4 is 4.74 Å². The van der Waals surface area contributed by atoms with E-state index in [1.54, 1.807) is 0 Å². The third-order valence-corrected chi connectivity index (χ3v) is 3.95. The summed E-state index contributed by atoms with van der Waals surface area (Å²) in [5.41, 5.74) is 3.11. The van der Waals surface area contributed by atoms with Gasteiger partial charge in [-0.15, -0.1) is 0 Å². The Hall–Kier alpha value is -1.31. The first kappa shape index (κ1) is 15.1. The molecule has 1 aromatic rings. The van der Waals surface area contributed by atoms with Crippen LogP contribution in [-0.4, -0.2) is 11.9 Å². The van der Waals surface area contributed by atoms with Crippen LogP contribution in [-0.2, 0) is 10.8 Å². The first-order valence-corrected chi connectivity index (χ1v) is 7.45. The molecule has 110 valence electrons. The molecular formula is C18H26O2. The average molecular weight is 274 g/mol. The zero-order valence-electron chi connectivity index (χ0n) is 13.8. The van der Waals surface area contributed by atoms with Crippen molar-refractivity contribution in [1.29, 1.82) is 0 Å². The summed E-state index contributed by atoms with van der Waals surface area (Å²) in [6.45, 7) is 15.0. The lowest BCUT2D eigenvalue weighted by Crippen LogP contribution is -2.19. The quantitative estimate of drug-likeness (QED) is 0.746. The molecule has 0 aliphatic carbocycles. The summed E-state index contributed by atoms with van der Waals surface area (Å²) < 4.78 is 5.94. The van der Waals surface area contributed by atoms with Gasteiger partial charge in [-0.25, -0.2) is 0 Å². The summed E-state index contributed by atoms with van der Waals surface area (Å²) in [7, 11) is 0. The van der Waals surface area contributed by atoms with Crippen LogP contribution in [0.1, 0.15) is 76.4 Å². The molecule has 2 rings (SSSR count). The van der Waals surface area contributed by atoms with E-state index in [4.69, 9.17) is 4.74 Å². The lowest BCUT2D eigenvalue weighted by Gasteiger charge is -2.26. The highest BCUT2D eigenvalue weighted by Gasteiger charge is 2.36. The topological polar surface area (TPSA) is 26.3 Å². The van der Waals surface area contributed by atoms with Crippen molar-refractivity contribution in [2.24, 2.45) is 0 Å². The van der Waals surface area contributed by atoms with Crippen molar-refractivity contribution in [3.8, 4) is 5.75 Å². The number of fused-ring (bicyclic) bond motifs is 1. The van der Waals surface area contributed by atoms with E-state index in [9.17, 15) is 4.79 Å². The van der Waals surface area contributed by atoms with E-state index in [0.717, 1.165) is 23.3 Å². The van der Waals surface area contributed by atoms with Crippen LogP contribution in [0.15, 0.2) is 12.1 Å². The van der Waals surface area contributed by atoms with Crippen LogP contribution in [0.3, 0.4) is 0 Å². The second-order valence-corrected chi connectivity index (χ2v) is 7.78. The van der Waals surface area contributed by atoms with E-state index in [1.165, 1.54) is 5.56 Å². The van der Waals surface area contributed by atoms with E-state index in [2.05, 4.69) is 47.6 Å². The minimum absolute atomic E-state index is 0.0274. The predicted molar refractivity (Wildman–Crippen MR) is 82.9 cm³/mol. The van der Waals surface area contributed by atoms with Gasteiger partial charge in [0.05, 0.1) is 5.56 Å². The van der Waals surface area contributed by atoms with Gasteiger partial charge in [0.1, 0.15) is 5.75 Å². The van der Waals surface area contributed by atoms with Gasteiger partial charge < -0.3 is 4.74 Å². The highest BCUT2D eigenvalue weighted by molar-refractivity contribution is 6.05. The van der Waals surface area contributed by atoms with Crippen LogP contribution >= 0.6 is 0 Å². The third kappa shape index (κ3) is 2.48. The number of Topliss-reactive ketones (excluding diaryl/α,β-unsaturated/α-hetero) is 1. The fourth-order valence-corrected chi connectivity index (χ4v) is 2.57. The fraction of sp³-hybridized carbons (Fsp3) is 0.611. The Labute approximate surface area is 122 Å². The molecule has 1 heterocycles. The minimum atomic E-state index is -0.304. The predicted octanol–water partition coefficient (Wildman–Crippen LogP) is 4.64. The molecule has 2 nitrogen and oxygen atoms in total. The number of carbonyl (C=O) groups excluding carboxylic acids is 1. The molecule has 1 aliphatic rings. The molecule has 0 bridgehead atoms. The molecule has 1 aliphatic heterocycles. The number of benzene rings is 1. The van der Waals surface area contributed by atoms with Crippen LogP contribution in [0.25, 0.3) is 0 Å². The first-order valence-electron chi connectivity index (χ1n) is 7.45. The first-order chi connectivity index (χ1) is 9.05. The Morgan fingerprint density at radius 1 is 1.05 bits per heavy atom. The summed E-state index contributed by atoms with van der Waals surface area (Å²) in [5, 5.41) is 0. The SMILES string of the molecule is CCC1Oc2c(cc(C(C)(C)C)cc2C(C)(C)C)C1=O. The molecule has 0 amide bonds. The Kier molecular flexibility index (Phi) is 3.48. The van der Waals surface area contributed by atoms with E-state index in [1.807, 2.05) is 13.0 Å². The highest BCUT2D eigenvalue weighted by Crippen LogP contribution is 2.42. The van der Waals surface area contributed by atoms with Crippen molar-refractivity contribution >= 4 is 5.78 Å². The van der Waals surface area contributed by atoms with Gasteiger partial charge in [-0.05, 0) is 28.9 Å². The number of carbonyl (C=O) groups is 1. The Bertz CT molecular complexity index is 542. The molecule has 0 saturated carbocycles. The standard InChI is InChI=1S/C18H26O2/c1-8-14-15(19)12-9-11(17(2,3)4)10-13(16(12)20-14)18(5,6)7/h9-10,14H,8H2,1-7H3. The molecule has 0 fully saturated rings. The third-order valence-electron chi connectivity index (χ3n) is 3.95. The zero-order valence-corrected chi connectivity index (χ0v) is 13.8. The molecule has 1 aromatic carbocycles. The summed E-state index contributed by atoms with van der Waals surface area (Å²) >= 11 is 0. The maximum absolute atomic E-state index is 12.5. The van der Waals surface area contributed by atoms with Crippen LogP contribution in [0, 0.1) is 0 Å². The summed E-state index contributed by atoms with van der Waals surface area (Å²) in [4.78, 5) is 12.5. The van der Waals surface area contributed by atoms with Crippen molar-refractivity contribution in [2.45, 2.75) is 71.8 Å². The average Bonchev–Trinajstić information content (AvgIpc) is 2.63. The maximum Gasteiger partial charge on any atom is 0.207 e. The number of hydrogen-bond acceptors (Lipinski definition) is 2. The second kappa shape index (κ2) is 4.61. The van der Waals surface area contributed by atoms with Crippen molar-refractivity contribution in [1.82, 2.24) is 0 Å². The molecule has 1 unspecified atom stereocenters. The molecule has 0 N–H and O–H groups in total. The Morgan fingerprint density at radius 3 is 2.10 bits per heavy atom. The maximum atomic E-state index is 12.5.